The molecular formula is C12H14O2. The molecule has 2 rings (SSSR count). The Morgan fingerprint density at radius 1 is 1.43 bits per heavy atom. The van der Waals surface area contributed by atoms with Crippen molar-refractivity contribution in [3.8, 4) is 0 Å². The largest absolute Gasteiger partial charge is 0.388 e. The number of ketones is 1. The highest BCUT2D eigenvalue weighted by molar-refractivity contribution is 6.00. The van der Waals surface area contributed by atoms with E-state index in [1.54, 1.807) is 0 Å². The Labute approximate surface area is 83.6 Å². The molecule has 1 aromatic rings. The normalized spacial score (nSPS) is 26.1. The Morgan fingerprint density at radius 3 is 2.86 bits per heavy atom. The SMILES string of the molecule is Cc1ccc2c(c1)[C@@H](O)C[C@@H](C)C2=O. The van der Waals surface area contributed by atoms with Crippen LogP contribution in [0.2, 0.25) is 0 Å². The lowest BCUT2D eigenvalue weighted by Crippen LogP contribution is -2.23. The van der Waals surface area contributed by atoms with Gasteiger partial charge in [0.1, 0.15) is 0 Å². The number of fused-ring (bicyclic) bond motifs is 1. The number of Topliss-reactive ketones (excluding diaryl/α,β-unsaturated/α-hetero) is 1. The number of rotatable bonds is 0. The summed E-state index contributed by atoms with van der Waals surface area (Å²) in [7, 11) is 0. The smallest absolute Gasteiger partial charge is 0.166 e. The third kappa shape index (κ3) is 1.36. The minimum Gasteiger partial charge on any atom is -0.388 e. The summed E-state index contributed by atoms with van der Waals surface area (Å²) in [4.78, 5) is 11.8. The number of aliphatic hydroxyl groups excluding tert-OH is 1. The average Bonchev–Trinajstić information content (AvgIpc) is 2.14. The van der Waals surface area contributed by atoms with Gasteiger partial charge < -0.3 is 5.11 Å². The standard InChI is InChI=1S/C12H14O2/c1-7-3-4-9-10(5-7)11(13)6-8(2)12(9)14/h3-5,8,11,13H,6H2,1-2H3/t8-,11+/m1/s1. The van der Waals surface area contributed by atoms with Gasteiger partial charge in [-0.1, -0.05) is 30.7 Å². The van der Waals surface area contributed by atoms with E-state index in [-0.39, 0.29) is 11.7 Å². The van der Waals surface area contributed by atoms with Gasteiger partial charge in [-0.15, -0.1) is 0 Å². The van der Waals surface area contributed by atoms with Crippen LogP contribution in [0.25, 0.3) is 0 Å². The number of benzene rings is 1. The predicted molar refractivity (Wildman–Crippen MR) is 54.3 cm³/mol. The summed E-state index contributed by atoms with van der Waals surface area (Å²) in [6, 6.07) is 5.65. The first-order chi connectivity index (χ1) is 6.59. The van der Waals surface area contributed by atoms with E-state index in [2.05, 4.69) is 0 Å². The van der Waals surface area contributed by atoms with E-state index in [9.17, 15) is 9.90 Å². The molecule has 1 aliphatic rings. The summed E-state index contributed by atoms with van der Waals surface area (Å²) >= 11 is 0. The highest BCUT2D eigenvalue weighted by atomic mass is 16.3. The zero-order chi connectivity index (χ0) is 10.3. The number of aryl methyl sites for hydroxylation is 1. The number of aliphatic hydroxyl groups is 1. The molecular weight excluding hydrogens is 176 g/mol. The van der Waals surface area contributed by atoms with E-state index < -0.39 is 6.10 Å². The van der Waals surface area contributed by atoms with Crippen LogP contribution in [-0.2, 0) is 0 Å². The second-order valence-corrected chi connectivity index (χ2v) is 4.11. The van der Waals surface area contributed by atoms with Crippen molar-refractivity contribution < 1.29 is 9.90 Å². The molecule has 2 atom stereocenters. The molecule has 0 spiro atoms. The molecule has 0 aliphatic heterocycles. The fraction of sp³-hybridized carbons (Fsp3) is 0.417. The molecule has 14 heavy (non-hydrogen) atoms. The maximum Gasteiger partial charge on any atom is 0.166 e. The van der Waals surface area contributed by atoms with Crippen LogP contribution in [0.3, 0.4) is 0 Å². The maximum absolute atomic E-state index is 11.8. The van der Waals surface area contributed by atoms with Gasteiger partial charge in [-0.2, -0.15) is 0 Å². The van der Waals surface area contributed by atoms with E-state index in [1.807, 2.05) is 32.0 Å². The Hall–Kier alpha value is -1.15. The minimum atomic E-state index is -0.474. The molecule has 0 amide bonds. The molecule has 0 bridgehead atoms. The molecule has 74 valence electrons. The Morgan fingerprint density at radius 2 is 2.14 bits per heavy atom. The monoisotopic (exact) mass is 190 g/mol. The fourth-order valence-electron chi connectivity index (χ4n) is 2.02. The summed E-state index contributed by atoms with van der Waals surface area (Å²) in [5, 5.41) is 9.82. The van der Waals surface area contributed by atoms with Gasteiger partial charge in [0.15, 0.2) is 5.78 Å². The zero-order valence-electron chi connectivity index (χ0n) is 8.45. The van der Waals surface area contributed by atoms with E-state index in [0.29, 0.717) is 12.0 Å². The van der Waals surface area contributed by atoms with E-state index in [1.165, 1.54) is 0 Å². The first-order valence-electron chi connectivity index (χ1n) is 4.92. The van der Waals surface area contributed by atoms with Crippen LogP contribution in [0.4, 0.5) is 0 Å². The van der Waals surface area contributed by atoms with Crippen molar-refractivity contribution in [2.75, 3.05) is 0 Å². The second kappa shape index (κ2) is 3.21. The van der Waals surface area contributed by atoms with Crippen molar-refractivity contribution in [1.82, 2.24) is 0 Å². The van der Waals surface area contributed by atoms with Crippen molar-refractivity contribution in [3.63, 3.8) is 0 Å². The molecule has 0 unspecified atom stereocenters. The first-order valence-corrected chi connectivity index (χ1v) is 4.92. The number of hydrogen-bond acceptors (Lipinski definition) is 2. The van der Waals surface area contributed by atoms with Gasteiger partial charge in [-0.3, -0.25) is 4.79 Å². The number of carbonyl (C=O) groups is 1. The molecule has 0 saturated carbocycles. The van der Waals surface area contributed by atoms with Crippen LogP contribution >= 0.6 is 0 Å². The van der Waals surface area contributed by atoms with Crippen molar-refractivity contribution >= 4 is 5.78 Å². The van der Waals surface area contributed by atoms with Gasteiger partial charge in [0.25, 0.3) is 0 Å². The van der Waals surface area contributed by atoms with Crippen LogP contribution < -0.4 is 0 Å². The molecule has 1 aromatic carbocycles. The van der Waals surface area contributed by atoms with Crippen molar-refractivity contribution in [2.45, 2.75) is 26.4 Å². The van der Waals surface area contributed by atoms with Gasteiger partial charge >= 0.3 is 0 Å². The molecule has 2 heteroatoms. The molecule has 0 saturated heterocycles. The molecule has 2 nitrogen and oxygen atoms in total. The number of hydrogen-bond donors (Lipinski definition) is 1. The van der Waals surface area contributed by atoms with Crippen molar-refractivity contribution in [1.29, 1.82) is 0 Å². The molecule has 1 aliphatic carbocycles. The minimum absolute atomic E-state index is 0.0554. The molecule has 0 fully saturated rings. The number of carbonyl (C=O) groups excluding carboxylic acids is 1. The topological polar surface area (TPSA) is 37.3 Å². The molecule has 0 radical (unpaired) electrons. The van der Waals surface area contributed by atoms with Crippen LogP contribution in [0.1, 0.15) is 40.9 Å². The Kier molecular flexibility index (Phi) is 2.16. The summed E-state index contributed by atoms with van der Waals surface area (Å²) in [5.74, 6) is 0.102. The van der Waals surface area contributed by atoms with Crippen molar-refractivity contribution in [3.05, 3.63) is 34.9 Å². The highest BCUT2D eigenvalue weighted by Crippen LogP contribution is 2.33. The Balaban J connectivity index is 2.56. The zero-order valence-corrected chi connectivity index (χ0v) is 8.45. The van der Waals surface area contributed by atoms with Gasteiger partial charge in [-0.25, -0.2) is 0 Å². The summed E-state index contributed by atoms with van der Waals surface area (Å²) < 4.78 is 0. The van der Waals surface area contributed by atoms with E-state index in [0.717, 1.165) is 11.1 Å². The molecule has 0 heterocycles. The van der Waals surface area contributed by atoms with E-state index >= 15 is 0 Å². The van der Waals surface area contributed by atoms with Gasteiger partial charge in [0.2, 0.25) is 0 Å². The first kappa shape index (κ1) is 9.41. The van der Waals surface area contributed by atoms with E-state index in [4.69, 9.17) is 0 Å². The lowest BCUT2D eigenvalue weighted by atomic mass is 9.81. The predicted octanol–water partition coefficient (Wildman–Crippen LogP) is 2.25. The van der Waals surface area contributed by atoms with Crippen LogP contribution in [0.5, 0.6) is 0 Å². The lowest BCUT2D eigenvalue weighted by Gasteiger charge is -2.25. The van der Waals surface area contributed by atoms with Crippen LogP contribution in [-0.4, -0.2) is 10.9 Å². The summed E-state index contributed by atoms with van der Waals surface area (Å²) in [5.41, 5.74) is 2.58. The quantitative estimate of drug-likeness (QED) is 0.681. The molecule has 0 aromatic heterocycles. The average molecular weight is 190 g/mol. The van der Waals surface area contributed by atoms with Gasteiger partial charge in [0, 0.05) is 11.5 Å². The molecule has 1 N–H and O–H groups in total. The summed E-state index contributed by atoms with van der Waals surface area (Å²) in [6.07, 6.45) is 0.0764. The van der Waals surface area contributed by atoms with Crippen LogP contribution in [0, 0.1) is 12.8 Å². The fourth-order valence-corrected chi connectivity index (χ4v) is 2.02. The lowest BCUT2D eigenvalue weighted by molar-refractivity contribution is 0.0796. The summed E-state index contributed by atoms with van der Waals surface area (Å²) in [6.45, 7) is 3.84. The van der Waals surface area contributed by atoms with Crippen molar-refractivity contribution in [2.24, 2.45) is 5.92 Å². The Bertz CT molecular complexity index is 382. The highest BCUT2D eigenvalue weighted by Gasteiger charge is 2.29. The third-order valence-corrected chi connectivity index (χ3v) is 2.86. The van der Waals surface area contributed by atoms with Gasteiger partial charge in [0.05, 0.1) is 6.10 Å². The van der Waals surface area contributed by atoms with Gasteiger partial charge in [-0.05, 0) is 18.9 Å². The third-order valence-electron chi connectivity index (χ3n) is 2.86. The second-order valence-electron chi connectivity index (χ2n) is 4.11. The maximum atomic E-state index is 11.8. The van der Waals surface area contributed by atoms with Crippen LogP contribution in [0.15, 0.2) is 18.2 Å².